The number of hydrogen-bond donors (Lipinski definition) is 2. The second-order valence-electron chi connectivity index (χ2n) is 5.09. The summed E-state index contributed by atoms with van der Waals surface area (Å²) < 4.78 is 9.61. The number of rotatable bonds is 7. The van der Waals surface area contributed by atoms with E-state index in [-0.39, 0.29) is 12.1 Å². The van der Waals surface area contributed by atoms with E-state index in [1.54, 1.807) is 7.11 Å². The van der Waals surface area contributed by atoms with Gasteiger partial charge in [0.15, 0.2) is 0 Å². The molecule has 5 nitrogen and oxygen atoms in total. The molecule has 2 atom stereocenters. The van der Waals surface area contributed by atoms with E-state index in [1.807, 2.05) is 24.3 Å². The molecule has 1 aromatic heterocycles. The van der Waals surface area contributed by atoms with Crippen LogP contribution in [0.3, 0.4) is 0 Å². The molecule has 1 heterocycles. The van der Waals surface area contributed by atoms with Gasteiger partial charge in [0, 0.05) is 12.5 Å². The zero-order valence-electron chi connectivity index (χ0n) is 12.5. The molecule has 0 bridgehead atoms. The minimum absolute atomic E-state index is 0.116. The predicted octanol–water partition coefficient (Wildman–Crippen LogP) is 2.26. The molecule has 6 heteroatoms. The van der Waals surface area contributed by atoms with Crippen LogP contribution in [-0.4, -0.2) is 22.5 Å². The lowest BCUT2D eigenvalue weighted by Crippen LogP contribution is -2.25. The highest BCUT2D eigenvalue weighted by Crippen LogP contribution is 2.20. The van der Waals surface area contributed by atoms with Crippen molar-refractivity contribution in [1.29, 1.82) is 0 Å². The minimum Gasteiger partial charge on any atom is -0.497 e. The number of ether oxygens (including phenoxy) is 1. The second-order valence-corrected chi connectivity index (χ2v) is 5.87. The molecule has 21 heavy (non-hydrogen) atoms. The molecule has 0 amide bonds. The van der Waals surface area contributed by atoms with Crippen molar-refractivity contribution < 1.29 is 4.74 Å². The van der Waals surface area contributed by atoms with E-state index < -0.39 is 0 Å². The lowest BCUT2D eigenvalue weighted by atomic mass is 10.1. The van der Waals surface area contributed by atoms with Crippen molar-refractivity contribution in [3.05, 3.63) is 40.7 Å². The lowest BCUT2D eigenvalue weighted by molar-refractivity contribution is 0.414. The molecule has 0 aliphatic carbocycles. The van der Waals surface area contributed by atoms with Gasteiger partial charge < -0.3 is 16.2 Å². The van der Waals surface area contributed by atoms with Gasteiger partial charge in [-0.15, -0.1) is 0 Å². The highest BCUT2D eigenvalue weighted by Gasteiger charge is 2.15. The average molecular weight is 306 g/mol. The maximum absolute atomic E-state index is 6.13. The first kappa shape index (κ1) is 15.9. The molecule has 0 saturated heterocycles. The van der Waals surface area contributed by atoms with E-state index in [9.17, 15) is 0 Å². The Bertz CT molecular complexity index is 572. The van der Waals surface area contributed by atoms with Crippen molar-refractivity contribution in [3.63, 3.8) is 0 Å². The number of nitrogens with two attached hydrogens (primary N) is 2. The number of benzene rings is 1. The standard InChI is InChI=1S/C15H22N4OS/c1-3-11(16)9-13(17)15-18-14(19-21-15)8-10-5-4-6-12(7-10)20-2/h4-7,11,13H,3,8-9,16-17H2,1-2H3. The van der Waals surface area contributed by atoms with E-state index in [4.69, 9.17) is 16.2 Å². The first-order valence-electron chi connectivity index (χ1n) is 7.09. The van der Waals surface area contributed by atoms with Crippen LogP contribution in [0.4, 0.5) is 0 Å². The third-order valence-electron chi connectivity index (χ3n) is 3.38. The zero-order chi connectivity index (χ0) is 15.2. The monoisotopic (exact) mass is 306 g/mol. The van der Waals surface area contributed by atoms with Crippen molar-refractivity contribution in [2.24, 2.45) is 11.5 Å². The Morgan fingerprint density at radius 3 is 2.86 bits per heavy atom. The molecule has 2 aromatic rings. The topological polar surface area (TPSA) is 87.1 Å². The van der Waals surface area contributed by atoms with Gasteiger partial charge in [-0.05, 0) is 42.1 Å². The van der Waals surface area contributed by atoms with E-state index in [0.717, 1.165) is 35.0 Å². The van der Waals surface area contributed by atoms with Gasteiger partial charge in [-0.1, -0.05) is 19.1 Å². The van der Waals surface area contributed by atoms with Crippen LogP contribution in [-0.2, 0) is 6.42 Å². The van der Waals surface area contributed by atoms with Gasteiger partial charge in [0.2, 0.25) is 0 Å². The Balaban J connectivity index is 2.02. The lowest BCUT2D eigenvalue weighted by Gasteiger charge is -2.12. The average Bonchev–Trinajstić information content (AvgIpc) is 2.96. The number of nitrogens with zero attached hydrogens (tertiary/aromatic N) is 2. The molecular weight excluding hydrogens is 284 g/mol. The maximum atomic E-state index is 6.13. The fourth-order valence-electron chi connectivity index (χ4n) is 2.05. The van der Waals surface area contributed by atoms with Crippen LogP contribution < -0.4 is 16.2 Å². The van der Waals surface area contributed by atoms with Crippen LogP contribution >= 0.6 is 11.5 Å². The van der Waals surface area contributed by atoms with Gasteiger partial charge in [-0.3, -0.25) is 0 Å². The van der Waals surface area contributed by atoms with Crippen molar-refractivity contribution in [2.75, 3.05) is 7.11 Å². The van der Waals surface area contributed by atoms with Crippen molar-refractivity contribution in [2.45, 2.75) is 38.3 Å². The van der Waals surface area contributed by atoms with Crippen LogP contribution in [0.15, 0.2) is 24.3 Å². The normalized spacial score (nSPS) is 13.9. The SMILES string of the molecule is CCC(N)CC(N)c1nc(Cc2cccc(OC)c2)ns1. The molecule has 0 saturated carbocycles. The zero-order valence-corrected chi connectivity index (χ0v) is 13.3. The summed E-state index contributed by atoms with van der Waals surface area (Å²) in [5, 5.41) is 0.858. The van der Waals surface area contributed by atoms with Crippen molar-refractivity contribution >= 4 is 11.5 Å². The Hall–Kier alpha value is -1.50. The molecular formula is C15H22N4OS. The molecule has 0 fully saturated rings. The summed E-state index contributed by atoms with van der Waals surface area (Å²) in [5.41, 5.74) is 13.2. The summed E-state index contributed by atoms with van der Waals surface area (Å²) in [4.78, 5) is 4.53. The van der Waals surface area contributed by atoms with Crippen LogP contribution in [0.1, 0.15) is 42.2 Å². The smallest absolute Gasteiger partial charge is 0.147 e. The van der Waals surface area contributed by atoms with Crippen LogP contribution in [0.2, 0.25) is 0 Å². The Morgan fingerprint density at radius 1 is 1.33 bits per heavy atom. The summed E-state index contributed by atoms with van der Waals surface area (Å²) in [6, 6.07) is 7.91. The molecule has 0 spiro atoms. The fraction of sp³-hybridized carbons (Fsp3) is 0.467. The van der Waals surface area contributed by atoms with Crippen molar-refractivity contribution in [3.8, 4) is 5.75 Å². The highest BCUT2D eigenvalue weighted by atomic mass is 32.1. The first-order chi connectivity index (χ1) is 10.1. The molecule has 0 radical (unpaired) electrons. The molecule has 0 aliphatic rings. The van der Waals surface area contributed by atoms with E-state index in [2.05, 4.69) is 16.3 Å². The van der Waals surface area contributed by atoms with Crippen LogP contribution in [0, 0.1) is 0 Å². The summed E-state index contributed by atoms with van der Waals surface area (Å²) in [6.07, 6.45) is 2.34. The van der Waals surface area contributed by atoms with Crippen LogP contribution in [0.25, 0.3) is 0 Å². The number of hydrogen-bond acceptors (Lipinski definition) is 6. The van der Waals surface area contributed by atoms with E-state index in [1.165, 1.54) is 11.5 Å². The molecule has 2 unspecified atom stereocenters. The quantitative estimate of drug-likeness (QED) is 0.819. The second kappa shape index (κ2) is 7.49. The van der Waals surface area contributed by atoms with Gasteiger partial charge >= 0.3 is 0 Å². The molecule has 114 valence electrons. The van der Waals surface area contributed by atoms with Crippen LogP contribution in [0.5, 0.6) is 5.75 Å². The molecule has 4 N–H and O–H groups in total. The van der Waals surface area contributed by atoms with Gasteiger partial charge in [-0.2, -0.15) is 4.37 Å². The number of aromatic nitrogens is 2. The van der Waals surface area contributed by atoms with E-state index >= 15 is 0 Å². The summed E-state index contributed by atoms with van der Waals surface area (Å²) in [7, 11) is 1.66. The summed E-state index contributed by atoms with van der Waals surface area (Å²) >= 11 is 1.37. The molecule has 1 aromatic carbocycles. The molecule has 0 aliphatic heterocycles. The number of methoxy groups -OCH3 is 1. The maximum Gasteiger partial charge on any atom is 0.147 e. The summed E-state index contributed by atoms with van der Waals surface area (Å²) in [6.45, 7) is 2.06. The van der Waals surface area contributed by atoms with Gasteiger partial charge in [0.1, 0.15) is 16.6 Å². The molecule has 2 rings (SSSR count). The van der Waals surface area contributed by atoms with E-state index in [0.29, 0.717) is 6.42 Å². The predicted molar refractivity (Wildman–Crippen MR) is 85.5 cm³/mol. The summed E-state index contributed by atoms with van der Waals surface area (Å²) in [5.74, 6) is 1.64. The minimum atomic E-state index is -0.128. The first-order valence-corrected chi connectivity index (χ1v) is 7.86. The Morgan fingerprint density at radius 2 is 2.14 bits per heavy atom. The van der Waals surface area contributed by atoms with Gasteiger partial charge in [0.05, 0.1) is 13.2 Å². The Kier molecular flexibility index (Phi) is 5.67. The van der Waals surface area contributed by atoms with Gasteiger partial charge in [-0.25, -0.2) is 4.98 Å². The van der Waals surface area contributed by atoms with Gasteiger partial charge in [0.25, 0.3) is 0 Å². The third-order valence-corrected chi connectivity index (χ3v) is 4.26. The highest BCUT2D eigenvalue weighted by molar-refractivity contribution is 7.05. The Labute approximate surface area is 129 Å². The third kappa shape index (κ3) is 4.49. The fourth-order valence-corrected chi connectivity index (χ4v) is 2.73. The van der Waals surface area contributed by atoms with Crippen molar-refractivity contribution in [1.82, 2.24) is 9.36 Å². The largest absolute Gasteiger partial charge is 0.497 e.